The van der Waals surface area contributed by atoms with Gasteiger partial charge in [0.2, 0.25) is 5.91 Å². The number of carbonyl (C=O) groups excluding carboxylic acids is 2. The molecular weight excluding hydrogens is 374 g/mol. The lowest BCUT2D eigenvalue weighted by Crippen LogP contribution is -2.59. The summed E-state index contributed by atoms with van der Waals surface area (Å²) in [4.78, 5) is 24.3. The van der Waals surface area contributed by atoms with Gasteiger partial charge >= 0.3 is 5.97 Å². The topological polar surface area (TPSA) is 55.4 Å². The highest BCUT2D eigenvalue weighted by Gasteiger charge is 2.59. The van der Waals surface area contributed by atoms with Gasteiger partial charge in [0.25, 0.3) is 0 Å². The number of carbonyl (C=O) groups is 2. The van der Waals surface area contributed by atoms with Gasteiger partial charge in [-0.1, -0.05) is 38.1 Å². The van der Waals surface area contributed by atoms with Crippen LogP contribution in [0.5, 0.6) is 0 Å². The fourth-order valence-corrected chi connectivity index (χ4v) is 7.55. The Bertz CT molecular complexity index is 864. The fraction of sp³-hybridized carbons (Fsp3) is 0.615. The second-order valence-electron chi connectivity index (χ2n) is 10.5. The molecule has 0 aromatic heterocycles. The molecule has 0 bridgehead atoms. The normalized spacial score (nSPS) is 41.9. The number of rotatable bonds is 3. The first-order valence-electron chi connectivity index (χ1n) is 11.6. The van der Waals surface area contributed by atoms with Crippen LogP contribution in [0, 0.1) is 34.5 Å². The molecule has 160 valence electrons. The molecule has 0 radical (unpaired) electrons. The van der Waals surface area contributed by atoms with Crippen molar-refractivity contribution in [1.82, 2.24) is 5.32 Å². The molecular formula is C26H33NO3. The average molecular weight is 408 g/mol. The van der Waals surface area contributed by atoms with E-state index in [9.17, 15) is 9.59 Å². The number of hydrogen-bond donors (Lipinski definition) is 1. The molecule has 1 aromatic rings. The SMILES string of the molecule is C[C@]12C=CC(=O)NC1CCC1C2CC[C@@]2(C)C1CC[C@@H]2COC(=O)c1ccccc1. The van der Waals surface area contributed by atoms with Crippen LogP contribution in [0.3, 0.4) is 0 Å². The Morgan fingerprint density at radius 3 is 2.67 bits per heavy atom. The van der Waals surface area contributed by atoms with Crippen LogP contribution < -0.4 is 5.32 Å². The first-order valence-corrected chi connectivity index (χ1v) is 11.6. The minimum atomic E-state index is -0.201. The zero-order valence-corrected chi connectivity index (χ0v) is 18.1. The molecule has 1 heterocycles. The maximum absolute atomic E-state index is 12.5. The van der Waals surface area contributed by atoms with E-state index in [1.807, 2.05) is 30.3 Å². The van der Waals surface area contributed by atoms with Crippen LogP contribution in [0.2, 0.25) is 0 Å². The number of esters is 1. The third kappa shape index (κ3) is 3.02. The van der Waals surface area contributed by atoms with Gasteiger partial charge in [-0.3, -0.25) is 4.79 Å². The van der Waals surface area contributed by atoms with Gasteiger partial charge in [-0.2, -0.15) is 0 Å². The van der Waals surface area contributed by atoms with Crippen LogP contribution in [0.1, 0.15) is 62.7 Å². The summed E-state index contributed by atoms with van der Waals surface area (Å²) in [7, 11) is 0. The highest BCUT2D eigenvalue weighted by molar-refractivity contribution is 5.89. The van der Waals surface area contributed by atoms with E-state index in [1.165, 1.54) is 25.7 Å². The Hall–Kier alpha value is -2.10. The van der Waals surface area contributed by atoms with Crippen LogP contribution in [0.4, 0.5) is 0 Å². The summed E-state index contributed by atoms with van der Waals surface area (Å²) >= 11 is 0. The molecule has 5 rings (SSSR count). The van der Waals surface area contributed by atoms with E-state index in [0.717, 1.165) is 12.8 Å². The van der Waals surface area contributed by atoms with Crippen molar-refractivity contribution in [3.8, 4) is 0 Å². The Kier molecular flexibility index (Phi) is 4.79. The second kappa shape index (κ2) is 7.25. The summed E-state index contributed by atoms with van der Waals surface area (Å²) in [5, 5.41) is 3.23. The summed E-state index contributed by atoms with van der Waals surface area (Å²) in [6.45, 7) is 5.35. The standard InChI is InChI=1S/C26H33NO3/c1-25-14-12-21-19(9-11-22-26(21,2)15-13-23(28)27-22)20(25)10-8-18(25)16-30-24(29)17-6-4-3-5-7-17/h3-7,13,15,18-22H,8-12,14,16H2,1-2H3,(H,27,28)/t18-,19?,20?,21?,22?,25-,26-/m1/s1. The smallest absolute Gasteiger partial charge is 0.338 e. The van der Waals surface area contributed by atoms with E-state index in [2.05, 4.69) is 25.2 Å². The van der Waals surface area contributed by atoms with Crippen molar-refractivity contribution in [3.63, 3.8) is 0 Å². The van der Waals surface area contributed by atoms with Crippen LogP contribution in [0.15, 0.2) is 42.5 Å². The first kappa shape index (κ1) is 19.8. The van der Waals surface area contributed by atoms with Crippen LogP contribution in [-0.4, -0.2) is 24.5 Å². The highest BCUT2D eigenvalue weighted by Crippen LogP contribution is 2.64. The summed E-state index contributed by atoms with van der Waals surface area (Å²) in [6.07, 6.45) is 11.0. The molecule has 3 saturated carbocycles. The highest BCUT2D eigenvalue weighted by atomic mass is 16.5. The molecule has 3 aliphatic carbocycles. The molecule has 3 fully saturated rings. The molecule has 0 saturated heterocycles. The van der Waals surface area contributed by atoms with Crippen LogP contribution in [0.25, 0.3) is 0 Å². The third-order valence-electron chi connectivity index (χ3n) is 9.31. The zero-order chi connectivity index (χ0) is 20.9. The molecule has 4 aliphatic rings. The quantitative estimate of drug-likeness (QED) is 0.735. The van der Waals surface area contributed by atoms with Gasteiger partial charge < -0.3 is 10.1 Å². The minimum absolute atomic E-state index is 0.0673. The molecule has 1 amide bonds. The average Bonchev–Trinajstić information content (AvgIpc) is 3.09. The van der Waals surface area contributed by atoms with E-state index in [1.54, 1.807) is 6.08 Å². The molecule has 0 spiro atoms. The Balaban J connectivity index is 1.30. The molecule has 7 atom stereocenters. The first-order chi connectivity index (χ1) is 14.4. The molecule has 4 nitrogen and oxygen atoms in total. The number of ether oxygens (including phenoxy) is 1. The molecule has 1 aliphatic heterocycles. The van der Waals surface area contributed by atoms with Gasteiger partial charge in [-0.15, -0.1) is 0 Å². The van der Waals surface area contributed by atoms with E-state index in [4.69, 9.17) is 4.74 Å². The van der Waals surface area contributed by atoms with E-state index in [0.29, 0.717) is 35.8 Å². The number of benzene rings is 1. The molecule has 4 unspecified atom stereocenters. The van der Waals surface area contributed by atoms with Crippen molar-refractivity contribution in [2.75, 3.05) is 6.61 Å². The number of hydrogen-bond acceptors (Lipinski definition) is 3. The molecule has 4 heteroatoms. The Morgan fingerprint density at radius 1 is 1.07 bits per heavy atom. The van der Waals surface area contributed by atoms with Crippen molar-refractivity contribution in [1.29, 1.82) is 0 Å². The maximum Gasteiger partial charge on any atom is 0.338 e. The van der Waals surface area contributed by atoms with Crippen LogP contribution in [-0.2, 0) is 9.53 Å². The molecule has 30 heavy (non-hydrogen) atoms. The number of nitrogens with one attached hydrogen (secondary N) is 1. The van der Waals surface area contributed by atoms with Gasteiger partial charge in [-0.25, -0.2) is 4.79 Å². The summed E-state index contributed by atoms with van der Waals surface area (Å²) in [5.74, 6) is 2.35. The van der Waals surface area contributed by atoms with Crippen molar-refractivity contribution in [2.45, 2.75) is 58.4 Å². The van der Waals surface area contributed by atoms with Gasteiger partial charge in [0.05, 0.1) is 12.2 Å². The number of fused-ring (bicyclic) bond motifs is 5. The summed E-state index contributed by atoms with van der Waals surface area (Å²) in [5.41, 5.74) is 0.970. The van der Waals surface area contributed by atoms with Gasteiger partial charge in [0.1, 0.15) is 0 Å². The zero-order valence-electron chi connectivity index (χ0n) is 18.1. The Labute approximate surface area is 179 Å². The predicted octanol–water partition coefficient (Wildman–Crippen LogP) is 4.76. The lowest BCUT2D eigenvalue weighted by atomic mass is 9.48. The lowest BCUT2D eigenvalue weighted by Gasteiger charge is -2.58. The Morgan fingerprint density at radius 2 is 1.87 bits per heavy atom. The van der Waals surface area contributed by atoms with Gasteiger partial charge in [0.15, 0.2) is 0 Å². The van der Waals surface area contributed by atoms with Crippen LogP contribution >= 0.6 is 0 Å². The van der Waals surface area contributed by atoms with E-state index in [-0.39, 0.29) is 28.7 Å². The lowest BCUT2D eigenvalue weighted by molar-refractivity contribution is -0.122. The monoisotopic (exact) mass is 407 g/mol. The second-order valence-corrected chi connectivity index (χ2v) is 10.5. The van der Waals surface area contributed by atoms with E-state index >= 15 is 0 Å². The summed E-state index contributed by atoms with van der Waals surface area (Å²) < 4.78 is 5.78. The predicted molar refractivity (Wildman–Crippen MR) is 116 cm³/mol. The van der Waals surface area contributed by atoms with Gasteiger partial charge in [-0.05, 0) is 85.8 Å². The molecule has 1 N–H and O–H groups in total. The van der Waals surface area contributed by atoms with Crippen molar-refractivity contribution < 1.29 is 14.3 Å². The maximum atomic E-state index is 12.5. The third-order valence-corrected chi connectivity index (χ3v) is 9.31. The fourth-order valence-electron chi connectivity index (χ4n) is 7.55. The summed E-state index contributed by atoms with van der Waals surface area (Å²) in [6, 6.07) is 9.60. The van der Waals surface area contributed by atoms with Crippen molar-refractivity contribution in [3.05, 3.63) is 48.0 Å². The molecule has 1 aromatic carbocycles. The van der Waals surface area contributed by atoms with Crippen molar-refractivity contribution in [2.24, 2.45) is 34.5 Å². The number of amides is 1. The van der Waals surface area contributed by atoms with Gasteiger partial charge in [0, 0.05) is 11.5 Å². The minimum Gasteiger partial charge on any atom is -0.462 e. The van der Waals surface area contributed by atoms with E-state index < -0.39 is 0 Å². The van der Waals surface area contributed by atoms with Crippen molar-refractivity contribution >= 4 is 11.9 Å². The largest absolute Gasteiger partial charge is 0.462 e.